The predicted molar refractivity (Wildman–Crippen MR) is 58.5 cm³/mol. The van der Waals surface area contributed by atoms with Crippen LogP contribution in [0.15, 0.2) is 0 Å². The molecule has 1 rings (SSSR count). The van der Waals surface area contributed by atoms with E-state index in [2.05, 4.69) is 5.32 Å². The van der Waals surface area contributed by atoms with Gasteiger partial charge in [0.1, 0.15) is 0 Å². The lowest BCUT2D eigenvalue weighted by molar-refractivity contribution is -0.119. The van der Waals surface area contributed by atoms with E-state index in [-0.39, 0.29) is 23.5 Å². The summed E-state index contributed by atoms with van der Waals surface area (Å²) in [5.41, 5.74) is 4.94. The zero-order valence-electron chi connectivity index (χ0n) is 8.53. The topological polar surface area (TPSA) is 81.4 Å². The van der Waals surface area contributed by atoms with E-state index < -0.39 is 5.91 Å². The van der Waals surface area contributed by atoms with E-state index in [1.54, 1.807) is 0 Å². The van der Waals surface area contributed by atoms with E-state index in [1.165, 1.54) is 11.8 Å². The highest BCUT2D eigenvalue weighted by molar-refractivity contribution is 8.00. The van der Waals surface area contributed by atoms with E-state index in [0.717, 1.165) is 19.4 Å². The quantitative estimate of drug-likeness (QED) is 0.647. The Bertz CT molecular complexity index is 229. The monoisotopic (exact) mass is 232 g/mol. The maximum atomic E-state index is 11.2. The Labute approximate surface area is 93.1 Å². The number of primary amides is 1. The first kappa shape index (κ1) is 12.3. The first-order valence-corrected chi connectivity index (χ1v) is 6.08. The second kappa shape index (κ2) is 6.68. The maximum Gasteiger partial charge on any atom is 0.230 e. The Morgan fingerprint density at radius 2 is 2.27 bits per heavy atom. The van der Waals surface area contributed by atoms with Crippen LogP contribution in [0.2, 0.25) is 0 Å². The highest BCUT2D eigenvalue weighted by Gasteiger charge is 2.15. The molecule has 1 unspecified atom stereocenters. The summed E-state index contributed by atoms with van der Waals surface area (Å²) in [6, 6.07) is 0. The van der Waals surface area contributed by atoms with Gasteiger partial charge in [-0.25, -0.2) is 0 Å². The second-order valence-corrected chi connectivity index (χ2v) is 4.38. The number of hydrogen-bond acceptors (Lipinski definition) is 4. The zero-order chi connectivity index (χ0) is 11.1. The number of nitrogens with two attached hydrogens (primary N) is 1. The van der Waals surface area contributed by atoms with E-state index >= 15 is 0 Å². The fraction of sp³-hybridized carbons (Fsp3) is 0.778. The van der Waals surface area contributed by atoms with E-state index in [9.17, 15) is 9.59 Å². The number of ether oxygens (including phenoxy) is 1. The number of amides is 2. The molecule has 5 nitrogen and oxygen atoms in total. The van der Waals surface area contributed by atoms with Crippen molar-refractivity contribution in [3.05, 3.63) is 0 Å². The summed E-state index contributed by atoms with van der Waals surface area (Å²) in [7, 11) is 0. The average Bonchev–Trinajstić information content (AvgIpc) is 2.66. The molecular weight excluding hydrogens is 216 g/mol. The van der Waals surface area contributed by atoms with Crippen molar-refractivity contribution in [2.24, 2.45) is 5.73 Å². The first-order chi connectivity index (χ1) is 7.18. The summed E-state index contributed by atoms with van der Waals surface area (Å²) in [6.07, 6.45) is 2.24. The molecule has 1 atom stereocenters. The van der Waals surface area contributed by atoms with Crippen LogP contribution in [0.1, 0.15) is 12.8 Å². The smallest absolute Gasteiger partial charge is 0.230 e. The van der Waals surface area contributed by atoms with Crippen LogP contribution in [0.3, 0.4) is 0 Å². The number of rotatable bonds is 6. The molecule has 0 aromatic rings. The molecule has 0 saturated carbocycles. The highest BCUT2D eigenvalue weighted by atomic mass is 32.2. The van der Waals surface area contributed by atoms with Crippen molar-refractivity contribution in [1.29, 1.82) is 0 Å². The van der Waals surface area contributed by atoms with Gasteiger partial charge >= 0.3 is 0 Å². The van der Waals surface area contributed by atoms with Crippen LogP contribution in [-0.4, -0.2) is 42.6 Å². The van der Waals surface area contributed by atoms with Gasteiger partial charge in [0, 0.05) is 13.2 Å². The summed E-state index contributed by atoms with van der Waals surface area (Å²) in [5, 5.41) is 2.76. The van der Waals surface area contributed by atoms with Crippen LogP contribution in [0.4, 0.5) is 0 Å². The third-order valence-corrected chi connectivity index (χ3v) is 2.98. The molecule has 1 aliphatic heterocycles. The summed E-state index contributed by atoms with van der Waals surface area (Å²) in [5.74, 6) is -0.00750. The van der Waals surface area contributed by atoms with Crippen LogP contribution in [-0.2, 0) is 14.3 Å². The third kappa shape index (κ3) is 5.64. The van der Waals surface area contributed by atoms with Gasteiger partial charge in [-0.05, 0) is 12.8 Å². The number of nitrogens with one attached hydrogen (secondary N) is 1. The van der Waals surface area contributed by atoms with Crippen LogP contribution in [0.25, 0.3) is 0 Å². The lowest BCUT2D eigenvalue weighted by Gasteiger charge is -2.10. The minimum atomic E-state index is -0.396. The van der Waals surface area contributed by atoms with Gasteiger partial charge in [0.15, 0.2) is 0 Å². The molecule has 0 aromatic heterocycles. The van der Waals surface area contributed by atoms with Gasteiger partial charge in [0.05, 0.1) is 17.6 Å². The number of carbonyl (C=O) groups excluding carboxylic acids is 2. The molecule has 0 aliphatic carbocycles. The van der Waals surface area contributed by atoms with Crippen LogP contribution >= 0.6 is 11.8 Å². The van der Waals surface area contributed by atoms with E-state index in [4.69, 9.17) is 10.5 Å². The standard InChI is InChI=1S/C9H16N2O3S/c10-8(12)5-15-6-9(13)11-4-7-2-1-3-14-7/h7H,1-6H2,(H2,10,12)(H,11,13). The van der Waals surface area contributed by atoms with Crippen molar-refractivity contribution in [2.75, 3.05) is 24.7 Å². The number of carbonyl (C=O) groups is 2. The van der Waals surface area contributed by atoms with Gasteiger partial charge < -0.3 is 15.8 Å². The first-order valence-electron chi connectivity index (χ1n) is 4.93. The Morgan fingerprint density at radius 3 is 2.87 bits per heavy atom. The Morgan fingerprint density at radius 1 is 1.47 bits per heavy atom. The van der Waals surface area contributed by atoms with Gasteiger partial charge in [-0.1, -0.05) is 0 Å². The second-order valence-electron chi connectivity index (χ2n) is 3.40. The van der Waals surface area contributed by atoms with Crippen LogP contribution in [0.5, 0.6) is 0 Å². The van der Waals surface area contributed by atoms with Crippen molar-refractivity contribution in [3.8, 4) is 0 Å². The summed E-state index contributed by atoms with van der Waals surface area (Å²) in [6.45, 7) is 1.35. The average molecular weight is 232 g/mol. The molecule has 1 aliphatic rings. The largest absolute Gasteiger partial charge is 0.376 e. The molecule has 1 fully saturated rings. The fourth-order valence-corrected chi connectivity index (χ4v) is 1.92. The van der Waals surface area contributed by atoms with Crippen LogP contribution < -0.4 is 11.1 Å². The molecule has 1 heterocycles. The van der Waals surface area contributed by atoms with Gasteiger partial charge in [-0.3, -0.25) is 9.59 Å². The molecule has 0 radical (unpaired) electrons. The van der Waals surface area contributed by atoms with E-state index in [0.29, 0.717) is 6.54 Å². The SMILES string of the molecule is NC(=O)CSCC(=O)NCC1CCCO1. The normalized spacial score (nSPS) is 20.1. The van der Waals surface area contributed by atoms with Gasteiger partial charge in [0.2, 0.25) is 11.8 Å². The molecule has 2 amide bonds. The van der Waals surface area contributed by atoms with Crippen molar-refractivity contribution in [1.82, 2.24) is 5.32 Å². The van der Waals surface area contributed by atoms with E-state index in [1.807, 2.05) is 0 Å². The van der Waals surface area contributed by atoms with Crippen molar-refractivity contribution < 1.29 is 14.3 Å². The molecule has 6 heteroatoms. The Balaban J connectivity index is 2.00. The summed E-state index contributed by atoms with van der Waals surface area (Å²) >= 11 is 1.22. The fourth-order valence-electron chi connectivity index (χ4n) is 1.33. The molecule has 86 valence electrons. The highest BCUT2D eigenvalue weighted by Crippen LogP contribution is 2.10. The molecule has 0 aromatic carbocycles. The third-order valence-electron chi connectivity index (χ3n) is 2.03. The van der Waals surface area contributed by atoms with Crippen molar-refractivity contribution >= 4 is 23.6 Å². The molecule has 1 saturated heterocycles. The minimum Gasteiger partial charge on any atom is -0.376 e. The molecule has 0 bridgehead atoms. The maximum absolute atomic E-state index is 11.2. The van der Waals surface area contributed by atoms with Gasteiger partial charge in [0.25, 0.3) is 0 Å². The van der Waals surface area contributed by atoms with Crippen LogP contribution in [0, 0.1) is 0 Å². The predicted octanol–water partition coefficient (Wildman–Crippen LogP) is -0.500. The molecule has 15 heavy (non-hydrogen) atoms. The summed E-state index contributed by atoms with van der Waals surface area (Å²) < 4.78 is 5.35. The van der Waals surface area contributed by atoms with Gasteiger partial charge in [-0.15, -0.1) is 11.8 Å². The van der Waals surface area contributed by atoms with Crippen molar-refractivity contribution in [3.63, 3.8) is 0 Å². The Kier molecular flexibility index (Phi) is 5.49. The van der Waals surface area contributed by atoms with Gasteiger partial charge in [-0.2, -0.15) is 0 Å². The summed E-state index contributed by atoms with van der Waals surface area (Å²) in [4.78, 5) is 21.6. The minimum absolute atomic E-state index is 0.0725. The Hall–Kier alpha value is -0.750. The lowest BCUT2D eigenvalue weighted by Crippen LogP contribution is -2.33. The zero-order valence-corrected chi connectivity index (χ0v) is 9.35. The number of thioether (sulfide) groups is 1. The molecular formula is C9H16N2O3S. The number of hydrogen-bond donors (Lipinski definition) is 2. The lowest BCUT2D eigenvalue weighted by atomic mass is 10.2. The molecule has 3 N–H and O–H groups in total. The molecule has 0 spiro atoms. The van der Waals surface area contributed by atoms with Crippen molar-refractivity contribution in [2.45, 2.75) is 18.9 Å².